The number of benzene rings is 1. The van der Waals surface area contributed by atoms with E-state index < -0.39 is 4.92 Å². The molecule has 0 aliphatic carbocycles. The second-order valence-corrected chi connectivity index (χ2v) is 3.13. The highest BCUT2D eigenvalue weighted by Crippen LogP contribution is 2.24. The summed E-state index contributed by atoms with van der Waals surface area (Å²) in [7, 11) is 1.80. The fourth-order valence-corrected chi connectivity index (χ4v) is 1.22. The molecule has 0 amide bonds. The molecule has 0 bridgehead atoms. The first-order valence-corrected chi connectivity index (χ1v) is 4.76. The van der Waals surface area contributed by atoms with Crippen LogP contribution >= 0.6 is 0 Å². The first-order valence-electron chi connectivity index (χ1n) is 4.76. The number of nitro groups is 1. The molecule has 0 aliphatic rings. The number of hydrogen-bond donors (Lipinski definition) is 2. The number of nitro benzene ring substituents is 1. The molecular formula is C10H12N4O2. The maximum absolute atomic E-state index is 10.8. The van der Waals surface area contributed by atoms with E-state index in [-0.39, 0.29) is 11.3 Å². The van der Waals surface area contributed by atoms with E-state index in [9.17, 15) is 10.1 Å². The summed E-state index contributed by atoms with van der Waals surface area (Å²) in [4.78, 5) is 10.3. The molecule has 0 radical (unpaired) electrons. The van der Waals surface area contributed by atoms with E-state index in [1.807, 2.05) is 6.07 Å². The maximum atomic E-state index is 10.8. The van der Waals surface area contributed by atoms with Crippen molar-refractivity contribution in [2.45, 2.75) is 0 Å². The van der Waals surface area contributed by atoms with Crippen LogP contribution in [0.3, 0.4) is 0 Å². The van der Waals surface area contributed by atoms with Crippen LogP contribution < -0.4 is 10.6 Å². The molecule has 0 heterocycles. The predicted octanol–water partition coefficient (Wildman–Crippen LogP) is 1.10. The van der Waals surface area contributed by atoms with Gasteiger partial charge in [-0.05, 0) is 19.2 Å². The van der Waals surface area contributed by atoms with Gasteiger partial charge in [-0.2, -0.15) is 5.26 Å². The molecule has 6 nitrogen and oxygen atoms in total. The summed E-state index contributed by atoms with van der Waals surface area (Å²) in [6, 6.07) is 6.24. The van der Waals surface area contributed by atoms with Crippen LogP contribution in [0.4, 0.5) is 11.4 Å². The fraction of sp³-hybridized carbons (Fsp3) is 0.300. The van der Waals surface area contributed by atoms with E-state index in [0.29, 0.717) is 18.8 Å². The molecule has 0 spiro atoms. The minimum atomic E-state index is -0.497. The predicted molar refractivity (Wildman–Crippen MR) is 60.2 cm³/mol. The van der Waals surface area contributed by atoms with Crippen molar-refractivity contribution in [2.24, 2.45) is 0 Å². The molecule has 16 heavy (non-hydrogen) atoms. The Morgan fingerprint density at radius 3 is 2.81 bits per heavy atom. The van der Waals surface area contributed by atoms with Crippen molar-refractivity contribution in [2.75, 3.05) is 25.5 Å². The third-order valence-corrected chi connectivity index (χ3v) is 2.01. The molecule has 0 saturated carbocycles. The number of nitrogens with zero attached hydrogens (tertiary/aromatic N) is 2. The lowest BCUT2D eigenvalue weighted by Crippen LogP contribution is -2.18. The fourth-order valence-electron chi connectivity index (χ4n) is 1.22. The van der Waals surface area contributed by atoms with Crippen LogP contribution in [-0.2, 0) is 0 Å². The summed E-state index contributed by atoms with van der Waals surface area (Å²) in [6.07, 6.45) is 0. The number of likely N-dealkylation sites (N-methyl/N-ethyl adjacent to an activating group) is 1. The maximum Gasteiger partial charge on any atom is 0.293 e. The van der Waals surface area contributed by atoms with Gasteiger partial charge < -0.3 is 10.6 Å². The quantitative estimate of drug-likeness (QED) is 0.440. The average Bonchev–Trinajstić information content (AvgIpc) is 2.29. The van der Waals surface area contributed by atoms with Gasteiger partial charge in [0.2, 0.25) is 0 Å². The molecule has 84 valence electrons. The van der Waals surface area contributed by atoms with Gasteiger partial charge in [-0.1, -0.05) is 0 Å². The lowest BCUT2D eigenvalue weighted by molar-refractivity contribution is -0.384. The van der Waals surface area contributed by atoms with Crippen LogP contribution in [0.2, 0.25) is 0 Å². The van der Waals surface area contributed by atoms with E-state index in [4.69, 9.17) is 5.26 Å². The van der Waals surface area contributed by atoms with Gasteiger partial charge in [-0.25, -0.2) is 0 Å². The third kappa shape index (κ3) is 2.93. The normalized spacial score (nSPS) is 9.50. The van der Waals surface area contributed by atoms with E-state index in [1.54, 1.807) is 19.2 Å². The highest BCUT2D eigenvalue weighted by molar-refractivity contribution is 5.64. The summed E-state index contributed by atoms with van der Waals surface area (Å²) in [6.45, 7) is 1.29. The molecular weight excluding hydrogens is 208 g/mol. The Morgan fingerprint density at radius 1 is 1.50 bits per heavy atom. The Bertz CT molecular complexity index is 425. The molecule has 0 saturated heterocycles. The van der Waals surface area contributed by atoms with Crippen LogP contribution in [0.1, 0.15) is 5.56 Å². The number of rotatable bonds is 5. The van der Waals surface area contributed by atoms with Crippen molar-refractivity contribution in [3.8, 4) is 6.07 Å². The van der Waals surface area contributed by atoms with Gasteiger partial charge in [0, 0.05) is 19.2 Å². The molecule has 0 unspecified atom stereocenters. The summed E-state index contributed by atoms with van der Waals surface area (Å²) < 4.78 is 0. The lowest BCUT2D eigenvalue weighted by atomic mass is 10.2. The molecule has 1 aromatic carbocycles. The Kier molecular flexibility index (Phi) is 4.24. The van der Waals surface area contributed by atoms with Gasteiger partial charge in [0.05, 0.1) is 16.6 Å². The average molecular weight is 220 g/mol. The van der Waals surface area contributed by atoms with Gasteiger partial charge in [0.25, 0.3) is 5.69 Å². The monoisotopic (exact) mass is 220 g/mol. The van der Waals surface area contributed by atoms with Crippen molar-refractivity contribution in [3.63, 3.8) is 0 Å². The summed E-state index contributed by atoms with van der Waals surface area (Å²) >= 11 is 0. The Labute approximate surface area is 93.0 Å². The smallest absolute Gasteiger partial charge is 0.293 e. The zero-order valence-corrected chi connectivity index (χ0v) is 8.86. The van der Waals surface area contributed by atoms with E-state index in [0.717, 1.165) is 0 Å². The van der Waals surface area contributed by atoms with Crippen molar-refractivity contribution in [1.29, 1.82) is 5.26 Å². The van der Waals surface area contributed by atoms with E-state index >= 15 is 0 Å². The molecule has 0 aromatic heterocycles. The van der Waals surface area contributed by atoms with Crippen LogP contribution in [0.15, 0.2) is 18.2 Å². The Balaban J connectivity index is 2.91. The van der Waals surface area contributed by atoms with Crippen molar-refractivity contribution < 1.29 is 4.92 Å². The van der Waals surface area contributed by atoms with Crippen molar-refractivity contribution in [1.82, 2.24) is 5.32 Å². The minimum absolute atomic E-state index is 0.0739. The number of nitrogens with one attached hydrogen (secondary N) is 2. The topological polar surface area (TPSA) is 91.0 Å². The third-order valence-electron chi connectivity index (χ3n) is 2.01. The molecule has 6 heteroatoms. The van der Waals surface area contributed by atoms with Crippen LogP contribution in [0.25, 0.3) is 0 Å². The first kappa shape index (κ1) is 11.9. The zero-order chi connectivity index (χ0) is 12.0. The molecule has 0 atom stereocenters. The van der Waals surface area contributed by atoms with Gasteiger partial charge in [-0.3, -0.25) is 10.1 Å². The van der Waals surface area contributed by atoms with Crippen molar-refractivity contribution >= 4 is 11.4 Å². The van der Waals surface area contributed by atoms with Crippen LogP contribution in [-0.4, -0.2) is 25.1 Å². The van der Waals surface area contributed by atoms with E-state index in [1.165, 1.54) is 6.07 Å². The second-order valence-electron chi connectivity index (χ2n) is 3.13. The van der Waals surface area contributed by atoms with Gasteiger partial charge >= 0.3 is 0 Å². The number of nitriles is 1. The highest BCUT2D eigenvalue weighted by Gasteiger charge is 2.13. The van der Waals surface area contributed by atoms with Crippen molar-refractivity contribution in [3.05, 3.63) is 33.9 Å². The first-order chi connectivity index (χ1) is 7.69. The number of anilines is 1. The summed E-state index contributed by atoms with van der Waals surface area (Å²) in [5.41, 5.74) is 0.639. The van der Waals surface area contributed by atoms with Gasteiger partial charge in [0.15, 0.2) is 0 Å². The van der Waals surface area contributed by atoms with E-state index in [2.05, 4.69) is 10.6 Å². The lowest BCUT2D eigenvalue weighted by Gasteiger charge is -2.06. The van der Waals surface area contributed by atoms with Gasteiger partial charge in [-0.15, -0.1) is 0 Å². The minimum Gasteiger partial charge on any atom is -0.378 e. The second kappa shape index (κ2) is 5.68. The highest BCUT2D eigenvalue weighted by atomic mass is 16.6. The Morgan fingerprint density at radius 2 is 2.25 bits per heavy atom. The van der Waals surface area contributed by atoms with Gasteiger partial charge in [0.1, 0.15) is 5.69 Å². The molecule has 1 aromatic rings. The zero-order valence-electron chi connectivity index (χ0n) is 8.86. The van der Waals surface area contributed by atoms with Crippen LogP contribution in [0, 0.1) is 21.4 Å². The molecule has 0 aliphatic heterocycles. The standard InChI is InChI=1S/C10H12N4O2/c1-12-4-5-13-9-3-2-8(7-11)6-10(9)14(15)16/h2-3,6,12-13H,4-5H2,1H3. The molecule has 0 fully saturated rings. The van der Waals surface area contributed by atoms with Crippen LogP contribution in [0.5, 0.6) is 0 Å². The SMILES string of the molecule is CNCCNc1ccc(C#N)cc1[N+](=O)[O-]. The number of hydrogen-bond acceptors (Lipinski definition) is 5. The summed E-state index contributed by atoms with van der Waals surface area (Å²) in [5.74, 6) is 0. The largest absolute Gasteiger partial charge is 0.378 e. The Hall–Kier alpha value is -2.13. The molecule has 2 N–H and O–H groups in total. The molecule has 1 rings (SSSR count). The summed E-state index contributed by atoms with van der Waals surface area (Å²) in [5, 5.41) is 25.3.